The Morgan fingerprint density at radius 3 is 2.39 bits per heavy atom. The van der Waals surface area contributed by atoms with Gasteiger partial charge in [0.2, 0.25) is 0 Å². The number of imide groups is 1. The van der Waals surface area contributed by atoms with Gasteiger partial charge in [0.05, 0.1) is 11.3 Å². The fourth-order valence-corrected chi connectivity index (χ4v) is 6.16. The highest BCUT2D eigenvalue weighted by Crippen LogP contribution is 2.45. The average molecular weight is 541 g/mol. The Hall–Kier alpha value is -5.17. The van der Waals surface area contributed by atoms with Crippen molar-refractivity contribution in [3.8, 4) is 0 Å². The first-order valence-electron chi connectivity index (χ1n) is 13.7. The van der Waals surface area contributed by atoms with Gasteiger partial charge in [-0.3, -0.25) is 14.5 Å². The van der Waals surface area contributed by atoms with Gasteiger partial charge in [0.1, 0.15) is 12.1 Å². The van der Waals surface area contributed by atoms with E-state index in [1.54, 1.807) is 29.2 Å². The molecule has 2 N–H and O–H groups in total. The van der Waals surface area contributed by atoms with Crippen molar-refractivity contribution < 1.29 is 14.4 Å². The molecule has 7 heteroatoms. The molecule has 0 bridgehead atoms. The first kappa shape index (κ1) is 24.8. The third kappa shape index (κ3) is 3.92. The summed E-state index contributed by atoms with van der Waals surface area (Å²) in [6.07, 6.45) is 0.390. The molecule has 0 spiro atoms. The Morgan fingerprint density at radius 2 is 1.59 bits per heavy atom. The monoisotopic (exact) mass is 540 g/mol. The maximum atomic E-state index is 14.3. The summed E-state index contributed by atoms with van der Waals surface area (Å²) >= 11 is 0. The number of fused-ring (bicyclic) bond motifs is 4. The zero-order valence-electron chi connectivity index (χ0n) is 22.7. The third-order valence-electron chi connectivity index (χ3n) is 8.32. The van der Waals surface area contributed by atoms with Crippen molar-refractivity contribution in [2.45, 2.75) is 32.4 Å². The average Bonchev–Trinajstić information content (AvgIpc) is 3.48. The summed E-state index contributed by atoms with van der Waals surface area (Å²) in [5.41, 5.74) is 7.21. The van der Waals surface area contributed by atoms with Crippen LogP contribution >= 0.6 is 0 Å². The Morgan fingerprint density at radius 1 is 0.854 bits per heavy atom. The number of carbonyl (C=O) groups excluding carboxylic acids is 3. The molecular weight excluding hydrogens is 512 g/mol. The minimum Gasteiger partial charge on any atom is -0.356 e. The van der Waals surface area contributed by atoms with Gasteiger partial charge in [-0.15, -0.1) is 0 Å². The molecule has 7 nitrogen and oxygen atoms in total. The van der Waals surface area contributed by atoms with Crippen molar-refractivity contribution in [2.75, 3.05) is 10.2 Å². The summed E-state index contributed by atoms with van der Waals surface area (Å²) in [5.74, 6) is -0.719. The van der Waals surface area contributed by atoms with E-state index < -0.39 is 18.1 Å². The fourth-order valence-electron chi connectivity index (χ4n) is 6.16. The van der Waals surface area contributed by atoms with Crippen molar-refractivity contribution in [1.29, 1.82) is 0 Å². The molecule has 0 unspecified atom stereocenters. The first-order valence-corrected chi connectivity index (χ1v) is 13.7. The number of urea groups is 1. The molecule has 4 aromatic carbocycles. The molecule has 41 heavy (non-hydrogen) atoms. The van der Waals surface area contributed by atoms with Gasteiger partial charge in [0.15, 0.2) is 0 Å². The number of hydrogen-bond acceptors (Lipinski definition) is 3. The third-order valence-corrected chi connectivity index (χ3v) is 8.32. The van der Waals surface area contributed by atoms with Crippen molar-refractivity contribution >= 4 is 40.1 Å². The van der Waals surface area contributed by atoms with E-state index in [2.05, 4.69) is 10.3 Å². The zero-order valence-corrected chi connectivity index (χ0v) is 22.7. The number of aryl methyl sites for hydroxylation is 2. The van der Waals surface area contributed by atoms with Crippen LogP contribution in [0.1, 0.15) is 44.3 Å². The number of aromatic amines is 1. The molecule has 1 aromatic heterocycles. The van der Waals surface area contributed by atoms with Gasteiger partial charge in [-0.05, 0) is 66.4 Å². The van der Waals surface area contributed by atoms with Crippen LogP contribution in [0.15, 0.2) is 97.1 Å². The summed E-state index contributed by atoms with van der Waals surface area (Å²) in [6.45, 7) is 4.00. The van der Waals surface area contributed by atoms with Crippen LogP contribution in [0, 0.1) is 13.8 Å². The number of para-hydroxylation sites is 2. The van der Waals surface area contributed by atoms with Gasteiger partial charge in [0, 0.05) is 28.7 Å². The highest BCUT2D eigenvalue weighted by molar-refractivity contribution is 6.24. The standard InChI is InChI=1S/C34H28N4O3/c1-20-16-17-23(18-21(20)2)35-32(39)25-13-7-9-15-28(25)38-33(40)29-19-26-24-12-6-8-14-27(24)36-30(26)31(37(29)34(38)41)22-10-4-3-5-11-22/h3-18,29,31,36H,19H2,1-2H3,(H,35,39)/t29-,31+/m0/s1. The van der Waals surface area contributed by atoms with Crippen molar-refractivity contribution in [3.63, 3.8) is 0 Å². The molecule has 202 valence electrons. The molecule has 3 heterocycles. The van der Waals surface area contributed by atoms with Crippen LogP contribution in [-0.2, 0) is 11.2 Å². The second kappa shape index (κ2) is 9.48. The van der Waals surface area contributed by atoms with Crippen LogP contribution in [0.2, 0.25) is 0 Å². The van der Waals surface area contributed by atoms with Crippen LogP contribution in [0.4, 0.5) is 16.2 Å². The number of H-pyrrole nitrogens is 1. The predicted octanol–water partition coefficient (Wildman–Crippen LogP) is 6.52. The fraction of sp³-hybridized carbons (Fsp3) is 0.147. The lowest BCUT2D eigenvalue weighted by atomic mass is 9.89. The number of nitrogens with one attached hydrogen (secondary N) is 2. The lowest BCUT2D eigenvalue weighted by Gasteiger charge is -2.36. The van der Waals surface area contributed by atoms with Crippen LogP contribution in [0.3, 0.4) is 0 Å². The minimum atomic E-state index is -0.699. The minimum absolute atomic E-state index is 0.257. The number of nitrogens with zero attached hydrogens (tertiary/aromatic N) is 2. The molecule has 4 amide bonds. The summed E-state index contributed by atoms with van der Waals surface area (Å²) < 4.78 is 0. The van der Waals surface area contributed by atoms with Gasteiger partial charge >= 0.3 is 6.03 Å². The number of hydrogen-bond donors (Lipinski definition) is 2. The molecule has 1 saturated heterocycles. The number of benzene rings is 4. The van der Waals surface area contributed by atoms with Crippen molar-refractivity contribution in [3.05, 3.63) is 131 Å². The normalized spacial score (nSPS) is 18.0. The smallest absolute Gasteiger partial charge is 0.332 e. The summed E-state index contributed by atoms with van der Waals surface area (Å²) in [4.78, 5) is 48.3. The molecule has 0 saturated carbocycles. The molecule has 2 atom stereocenters. The van der Waals surface area contributed by atoms with Gasteiger partial charge in [-0.2, -0.15) is 0 Å². The highest BCUT2D eigenvalue weighted by atomic mass is 16.2. The van der Waals surface area contributed by atoms with Crippen molar-refractivity contribution in [1.82, 2.24) is 9.88 Å². The second-order valence-electron chi connectivity index (χ2n) is 10.7. The van der Waals surface area contributed by atoms with E-state index in [1.807, 2.05) is 86.6 Å². The van der Waals surface area contributed by atoms with Crippen molar-refractivity contribution in [2.24, 2.45) is 0 Å². The summed E-state index contributed by atoms with van der Waals surface area (Å²) in [7, 11) is 0. The number of carbonyl (C=O) groups is 3. The largest absolute Gasteiger partial charge is 0.356 e. The van der Waals surface area contributed by atoms with Crippen LogP contribution in [-0.4, -0.2) is 33.8 Å². The predicted molar refractivity (Wildman–Crippen MR) is 159 cm³/mol. The lowest BCUT2D eigenvalue weighted by molar-refractivity contribution is -0.120. The van der Waals surface area contributed by atoms with E-state index in [1.165, 1.54) is 4.90 Å². The highest BCUT2D eigenvalue weighted by Gasteiger charge is 2.53. The number of anilines is 2. The first-order chi connectivity index (χ1) is 19.9. The number of amides is 4. The zero-order chi connectivity index (χ0) is 28.2. The Balaban J connectivity index is 1.30. The van der Waals surface area contributed by atoms with E-state index in [4.69, 9.17) is 0 Å². The Labute approximate surface area is 237 Å². The number of rotatable bonds is 4. The summed E-state index contributed by atoms with van der Waals surface area (Å²) in [6, 6.07) is 28.7. The molecule has 5 aromatic rings. The van der Waals surface area contributed by atoms with Gasteiger partial charge in [0.25, 0.3) is 11.8 Å². The SMILES string of the molecule is Cc1ccc(NC(=O)c2ccccc2N2C(=O)[C@@H]3Cc4c([nH]c5ccccc45)[C@@H](c4ccccc4)N3C2=O)cc1C. The summed E-state index contributed by atoms with van der Waals surface area (Å²) in [5, 5.41) is 3.99. The Kier molecular flexibility index (Phi) is 5.75. The molecule has 2 aliphatic heterocycles. The van der Waals surface area contributed by atoms with E-state index in [-0.39, 0.29) is 23.1 Å². The quantitative estimate of drug-likeness (QED) is 0.255. The van der Waals surface area contributed by atoms with Gasteiger partial charge in [-0.25, -0.2) is 9.69 Å². The van der Waals surface area contributed by atoms with Gasteiger partial charge < -0.3 is 10.3 Å². The van der Waals surface area contributed by atoms with Crippen LogP contribution in [0.5, 0.6) is 0 Å². The molecule has 7 rings (SSSR count). The second-order valence-corrected chi connectivity index (χ2v) is 10.7. The Bertz CT molecular complexity index is 1860. The van der Waals surface area contributed by atoms with Crippen LogP contribution < -0.4 is 10.2 Å². The topological polar surface area (TPSA) is 85.5 Å². The van der Waals surface area contributed by atoms with E-state index in [9.17, 15) is 14.4 Å². The molecular formula is C34H28N4O3. The van der Waals surface area contributed by atoms with E-state index >= 15 is 0 Å². The van der Waals surface area contributed by atoms with Crippen LogP contribution in [0.25, 0.3) is 10.9 Å². The maximum absolute atomic E-state index is 14.3. The molecule has 1 fully saturated rings. The number of aromatic nitrogens is 1. The van der Waals surface area contributed by atoms with E-state index in [0.29, 0.717) is 12.1 Å². The molecule has 0 aliphatic carbocycles. The van der Waals surface area contributed by atoms with E-state index in [0.717, 1.165) is 38.9 Å². The maximum Gasteiger partial charge on any atom is 0.332 e. The molecule has 0 radical (unpaired) electrons. The van der Waals surface area contributed by atoms with Gasteiger partial charge in [-0.1, -0.05) is 66.7 Å². The molecule has 2 aliphatic rings. The lowest BCUT2D eigenvalue weighted by Crippen LogP contribution is -2.44.